The Bertz CT molecular complexity index is 605. The Balaban J connectivity index is 1.57. The molecule has 0 aromatic heterocycles. The topological polar surface area (TPSA) is 94.8 Å². The summed E-state index contributed by atoms with van der Waals surface area (Å²) in [4.78, 5) is 17.1. The maximum atomic E-state index is 10.6. The first-order valence-electron chi connectivity index (χ1n) is 9.77. The maximum absolute atomic E-state index is 10.6. The van der Waals surface area contributed by atoms with Crippen LogP contribution < -0.4 is 16.0 Å². The van der Waals surface area contributed by atoms with Gasteiger partial charge in [0.2, 0.25) is 0 Å². The van der Waals surface area contributed by atoms with Crippen molar-refractivity contribution in [3.05, 3.63) is 34.4 Å². The number of nitrogens with one attached hydrogen (secondary N) is 3. The quantitative estimate of drug-likeness (QED) is 0.201. The van der Waals surface area contributed by atoms with E-state index in [4.69, 9.17) is 0 Å². The lowest BCUT2D eigenvalue weighted by Crippen LogP contribution is -2.42. The van der Waals surface area contributed by atoms with Gasteiger partial charge in [0.25, 0.3) is 5.69 Å². The van der Waals surface area contributed by atoms with E-state index < -0.39 is 4.92 Å². The minimum atomic E-state index is -0.396. The van der Waals surface area contributed by atoms with E-state index in [1.165, 1.54) is 37.9 Å². The summed E-state index contributed by atoms with van der Waals surface area (Å²) in [6.45, 7) is 6.99. The summed E-state index contributed by atoms with van der Waals surface area (Å²) in [5, 5.41) is 20.5. The molecule has 1 saturated heterocycles. The Morgan fingerprint density at radius 2 is 1.96 bits per heavy atom. The number of nitrogens with zero attached hydrogens (tertiary/aromatic N) is 3. The minimum Gasteiger partial charge on any atom is -0.383 e. The van der Waals surface area contributed by atoms with Crippen LogP contribution in [0.2, 0.25) is 0 Å². The van der Waals surface area contributed by atoms with E-state index in [-0.39, 0.29) is 5.69 Å². The molecule has 2 rings (SSSR count). The Labute approximate surface area is 161 Å². The zero-order valence-corrected chi connectivity index (χ0v) is 16.4. The average molecular weight is 377 g/mol. The number of aliphatic imine (C=N–C) groups is 1. The van der Waals surface area contributed by atoms with Crippen LogP contribution in [-0.2, 0) is 0 Å². The Hall–Kier alpha value is -2.35. The highest BCUT2D eigenvalue weighted by atomic mass is 16.6. The van der Waals surface area contributed by atoms with Gasteiger partial charge in [0, 0.05) is 57.1 Å². The van der Waals surface area contributed by atoms with Crippen molar-refractivity contribution in [3.8, 4) is 0 Å². The highest BCUT2D eigenvalue weighted by Gasteiger charge is 2.17. The first-order chi connectivity index (χ1) is 13.1. The minimum absolute atomic E-state index is 0.0993. The molecule has 1 aromatic carbocycles. The molecule has 3 N–H and O–H groups in total. The summed E-state index contributed by atoms with van der Waals surface area (Å²) in [7, 11) is 1.77. The lowest BCUT2D eigenvalue weighted by atomic mass is 10.0. The molecular formula is C19H32N6O2. The highest BCUT2D eigenvalue weighted by molar-refractivity contribution is 5.79. The third-order valence-electron chi connectivity index (χ3n) is 4.90. The molecule has 150 valence electrons. The normalized spacial score (nSPS) is 18.1. The lowest BCUT2D eigenvalue weighted by molar-refractivity contribution is -0.384. The molecule has 1 aromatic rings. The molecule has 0 aliphatic carbocycles. The molecule has 1 atom stereocenters. The van der Waals surface area contributed by atoms with Gasteiger partial charge in [0.05, 0.1) is 4.92 Å². The first-order valence-corrected chi connectivity index (χ1v) is 9.77. The molecule has 27 heavy (non-hydrogen) atoms. The number of non-ortho nitro benzene ring substituents is 1. The van der Waals surface area contributed by atoms with Crippen molar-refractivity contribution in [2.75, 3.05) is 45.1 Å². The number of piperidine rings is 1. The summed E-state index contributed by atoms with van der Waals surface area (Å²) in [5.41, 5.74) is 0.961. The van der Waals surface area contributed by atoms with E-state index in [0.29, 0.717) is 19.1 Å². The van der Waals surface area contributed by atoms with Crippen LogP contribution in [0.25, 0.3) is 0 Å². The number of likely N-dealkylation sites (tertiary alicyclic amines) is 1. The van der Waals surface area contributed by atoms with Crippen LogP contribution in [0.3, 0.4) is 0 Å². The highest BCUT2D eigenvalue weighted by Crippen LogP contribution is 2.16. The predicted octanol–water partition coefficient (Wildman–Crippen LogP) is 2.44. The molecule has 8 heteroatoms. The third-order valence-corrected chi connectivity index (χ3v) is 4.90. The van der Waals surface area contributed by atoms with Crippen LogP contribution in [0.15, 0.2) is 29.3 Å². The van der Waals surface area contributed by atoms with Gasteiger partial charge in [-0.1, -0.05) is 6.42 Å². The molecule has 0 radical (unpaired) electrons. The van der Waals surface area contributed by atoms with Gasteiger partial charge in [0.1, 0.15) is 0 Å². The van der Waals surface area contributed by atoms with Gasteiger partial charge in [-0.2, -0.15) is 0 Å². The molecule has 8 nitrogen and oxygen atoms in total. The lowest BCUT2D eigenvalue weighted by Gasteiger charge is -2.33. The van der Waals surface area contributed by atoms with Crippen molar-refractivity contribution in [1.82, 2.24) is 15.5 Å². The number of anilines is 1. The second kappa shape index (κ2) is 11.4. The van der Waals surface area contributed by atoms with Crippen molar-refractivity contribution in [3.63, 3.8) is 0 Å². The molecular weight excluding hydrogens is 344 g/mol. The number of benzene rings is 1. The Kier molecular flexibility index (Phi) is 8.83. The van der Waals surface area contributed by atoms with Crippen LogP contribution in [0.5, 0.6) is 0 Å². The molecule has 0 amide bonds. The molecule has 0 bridgehead atoms. The smallest absolute Gasteiger partial charge is 0.269 e. The number of nitro benzene ring substituents is 1. The van der Waals surface area contributed by atoms with Gasteiger partial charge in [-0.15, -0.1) is 0 Å². The molecule has 1 aliphatic heterocycles. The van der Waals surface area contributed by atoms with E-state index in [0.717, 1.165) is 31.2 Å². The summed E-state index contributed by atoms with van der Waals surface area (Å²) >= 11 is 0. The van der Waals surface area contributed by atoms with Crippen molar-refractivity contribution >= 4 is 17.3 Å². The van der Waals surface area contributed by atoms with E-state index in [1.54, 1.807) is 19.2 Å². The van der Waals surface area contributed by atoms with Gasteiger partial charge in [0.15, 0.2) is 5.96 Å². The summed E-state index contributed by atoms with van der Waals surface area (Å²) in [6.07, 6.45) is 5.10. The SMILES string of the molecule is CN=C(NCCCN1CCCCC1C)NCCNc1ccc([N+](=O)[O-])cc1. The fraction of sp³-hybridized carbons (Fsp3) is 0.632. The monoisotopic (exact) mass is 376 g/mol. The second-order valence-corrected chi connectivity index (χ2v) is 6.89. The van der Waals surface area contributed by atoms with E-state index in [1.807, 2.05) is 0 Å². The fourth-order valence-electron chi connectivity index (χ4n) is 3.29. The first kappa shape index (κ1) is 21.0. The Morgan fingerprint density at radius 1 is 1.22 bits per heavy atom. The van der Waals surface area contributed by atoms with Gasteiger partial charge in [-0.3, -0.25) is 15.1 Å². The number of nitro groups is 1. The van der Waals surface area contributed by atoms with E-state index >= 15 is 0 Å². The molecule has 1 aliphatic rings. The van der Waals surface area contributed by atoms with Crippen LogP contribution in [0, 0.1) is 10.1 Å². The van der Waals surface area contributed by atoms with Crippen LogP contribution in [0.4, 0.5) is 11.4 Å². The van der Waals surface area contributed by atoms with Crippen LogP contribution in [-0.4, -0.2) is 61.6 Å². The van der Waals surface area contributed by atoms with E-state index in [9.17, 15) is 10.1 Å². The van der Waals surface area contributed by atoms with Crippen LogP contribution >= 0.6 is 0 Å². The second-order valence-electron chi connectivity index (χ2n) is 6.89. The standard InChI is InChI=1S/C19H32N6O2/c1-16-6-3-4-14-24(16)15-5-11-22-19(20-2)23-13-12-21-17-7-9-18(10-8-17)25(26)27/h7-10,16,21H,3-6,11-15H2,1-2H3,(H2,20,22,23). The largest absolute Gasteiger partial charge is 0.383 e. The van der Waals surface area contributed by atoms with Gasteiger partial charge in [-0.25, -0.2) is 0 Å². The van der Waals surface area contributed by atoms with Crippen LogP contribution in [0.1, 0.15) is 32.6 Å². The zero-order valence-electron chi connectivity index (χ0n) is 16.4. The van der Waals surface area contributed by atoms with Crippen molar-refractivity contribution in [2.45, 2.75) is 38.6 Å². The van der Waals surface area contributed by atoms with Gasteiger partial charge in [-0.05, 0) is 44.9 Å². The number of guanidine groups is 1. The summed E-state index contributed by atoms with van der Waals surface area (Å²) in [6, 6.07) is 7.14. The molecule has 1 fully saturated rings. The van der Waals surface area contributed by atoms with Gasteiger partial charge >= 0.3 is 0 Å². The maximum Gasteiger partial charge on any atom is 0.269 e. The van der Waals surface area contributed by atoms with Gasteiger partial charge < -0.3 is 20.9 Å². The van der Waals surface area contributed by atoms with Crippen molar-refractivity contribution < 1.29 is 4.92 Å². The van der Waals surface area contributed by atoms with Crippen molar-refractivity contribution in [1.29, 1.82) is 0 Å². The molecule has 0 saturated carbocycles. The molecule has 0 spiro atoms. The summed E-state index contributed by atoms with van der Waals surface area (Å²) in [5.74, 6) is 0.798. The Morgan fingerprint density at radius 3 is 2.63 bits per heavy atom. The summed E-state index contributed by atoms with van der Waals surface area (Å²) < 4.78 is 0. The molecule has 1 unspecified atom stereocenters. The van der Waals surface area contributed by atoms with E-state index in [2.05, 4.69) is 32.8 Å². The average Bonchev–Trinajstić information content (AvgIpc) is 2.68. The fourth-order valence-corrected chi connectivity index (χ4v) is 3.29. The number of hydrogen-bond acceptors (Lipinski definition) is 5. The number of hydrogen-bond donors (Lipinski definition) is 3. The third kappa shape index (κ3) is 7.42. The zero-order chi connectivity index (χ0) is 19.5. The van der Waals surface area contributed by atoms with Crippen molar-refractivity contribution in [2.24, 2.45) is 4.99 Å². The number of rotatable bonds is 9. The predicted molar refractivity (Wildman–Crippen MR) is 110 cm³/mol. The molecule has 1 heterocycles.